The highest BCUT2D eigenvalue weighted by Crippen LogP contribution is 2.32. The summed E-state index contributed by atoms with van der Waals surface area (Å²) in [4.78, 5) is 37.6. The predicted octanol–water partition coefficient (Wildman–Crippen LogP) is 2.60. The van der Waals surface area contributed by atoms with E-state index in [4.69, 9.17) is 13.9 Å². The third-order valence-electron chi connectivity index (χ3n) is 4.06. The molecule has 9 heteroatoms. The van der Waals surface area contributed by atoms with Crippen molar-refractivity contribution < 1.29 is 28.3 Å². The molecule has 4 rings (SSSR count). The molecule has 29 heavy (non-hydrogen) atoms. The summed E-state index contributed by atoms with van der Waals surface area (Å²) in [6.45, 7) is 1.03. The zero-order valence-corrected chi connectivity index (χ0v) is 15.9. The molecule has 2 amide bonds. The molecule has 8 nitrogen and oxygen atoms in total. The predicted molar refractivity (Wildman–Crippen MR) is 104 cm³/mol. The van der Waals surface area contributed by atoms with Gasteiger partial charge in [0.1, 0.15) is 13.2 Å². The number of benzene rings is 1. The first-order valence-corrected chi connectivity index (χ1v) is 9.57. The van der Waals surface area contributed by atoms with E-state index in [1.165, 1.54) is 17.6 Å². The molecule has 2 aromatic heterocycles. The number of hydrogen-bond donors (Lipinski definition) is 2. The number of hydrogen-bond acceptors (Lipinski definition) is 7. The second-order valence-electron chi connectivity index (χ2n) is 6.07. The van der Waals surface area contributed by atoms with E-state index in [0.717, 1.165) is 4.88 Å². The first-order chi connectivity index (χ1) is 14.1. The molecular weight excluding hydrogens is 396 g/mol. The number of carbonyl (C=O) groups excluding carboxylic acids is 3. The number of nitrogens with one attached hydrogen (secondary N) is 2. The minimum atomic E-state index is -0.801. The number of anilines is 1. The Bertz CT molecular complexity index is 1060. The van der Waals surface area contributed by atoms with Gasteiger partial charge in [0.25, 0.3) is 0 Å². The number of amides is 2. The molecule has 0 spiro atoms. The van der Waals surface area contributed by atoms with E-state index in [1.807, 2.05) is 0 Å². The third kappa shape index (κ3) is 4.30. The van der Waals surface area contributed by atoms with Crippen LogP contribution in [-0.4, -0.2) is 30.8 Å². The van der Waals surface area contributed by atoms with Gasteiger partial charge in [-0.25, -0.2) is 0 Å². The van der Waals surface area contributed by atoms with Gasteiger partial charge in [-0.05, 0) is 36.4 Å². The summed E-state index contributed by atoms with van der Waals surface area (Å²) in [5, 5.41) is 5.06. The van der Waals surface area contributed by atoms with Crippen LogP contribution in [0, 0.1) is 0 Å². The maximum absolute atomic E-state index is 12.2. The van der Waals surface area contributed by atoms with Gasteiger partial charge in [-0.3, -0.25) is 14.4 Å². The molecule has 0 fully saturated rings. The van der Waals surface area contributed by atoms with Gasteiger partial charge in [0.05, 0.1) is 17.7 Å². The quantitative estimate of drug-likeness (QED) is 0.493. The zero-order chi connectivity index (χ0) is 20.2. The van der Waals surface area contributed by atoms with Gasteiger partial charge >= 0.3 is 11.8 Å². The van der Waals surface area contributed by atoms with Gasteiger partial charge in [-0.2, -0.15) is 0 Å². The van der Waals surface area contributed by atoms with Gasteiger partial charge in [-0.1, -0.05) is 0 Å². The van der Waals surface area contributed by atoms with Crippen molar-refractivity contribution in [1.29, 1.82) is 0 Å². The molecule has 2 N–H and O–H groups in total. The fraction of sp³-hybridized carbons (Fsp3) is 0.150. The minimum Gasteiger partial charge on any atom is -0.486 e. The summed E-state index contributed by atoms with van der Waals surface area (Å²) in [5.74, 6) is -0.453. The van der Waals surface area contributed by atoms with E-state index >= 15 is 0 Å². The Hall–Kier alpha value is -3.59. The number of fused-ring (bicyclic) bond motifs is 1. The molecule has 3 heterocycles. The van der Waals surface area contributed by atoms with Crippen molar-refractivity contribution in [1.82, 2.24) is 5.32 Å². The van der Waals surface area contributed by atoms with Crippen LogP contribution in [0.25, 0.3) is 0 Å². The lowest BCUT2D eigenvalue weighted by Crippen LogP contribution is -2.34. The van der Waals surface area contributed by atoms with E-state index in [-0.39, 0.29) is 18.1 Å². The van der Waals surface area contributed by atoms with Crippen molar-refractivity contribution in [3.05, 3.63) is 64.2 Å². The van der Waals surface area contributed by atoms with Crippen molar-refractivity contribution in [3.8, 4) is 11.5 Å². The van der Waals surface area contributed by atoms with Crippen LogP contribution in [-0.2, 0) is 16.1 Å². The smallest absolute Gasteiger partial charge is 0.313 e. The Kier molecular flexibility index (Phi) is 5.30. The Balaban J connectivity index is 1.31. The van der Waals surface area contributed by atoms with Gasteiger partial charge in [0.2, 0.25) is 5.78 Å². The molecule has 0 atom stereocenters. The van der Waals surface area contributed by atoms with Crippen molar-refractivity contribution in [2.24, 2.45) is 0 Å². The first-order valence-electron chi connectivity index (χ1n) is 8.76. The van der Waals surface area contributed by atoms with Crippen LogP contribution >= 0.6 is 11.3 Å². The molecule has 148 valence electrons. The van der Waals surface area contributed by atoms with Crippen molar-refractivity contribution in [2.75, 3.05) is 18.5 Å². The summed E-state index contributed by atoms with van der Waals surface area (Å²) >= 11 is 1.23. The summed E-state index contributed by atoms with van der Waals surface area (Å²) in [6.07, 6.45) is 1.43. The lowest BCUT2D eigenvalue weighted by atomic mass is 10.2. The lowest BCUT2D eigenvalue weighted by molar-refractivity contribution is -0.136. The van der Waals surface area contributed by atoms with Gasteiger partial charge < -0.3 is 24.5 Å². The number of rotatable bonds is 5. The van der Waals surface area contributed by atoms with Crippen LogP contribution in [0.1, 0.15) is 20.3 Å². The Morgan fingerprint density at radius 3 is 2.59 bits per heavy atom. The van der Waals surface area contributed by atoms with E-state index in [0.29, 0.717) is 35.3 Å². The molecule has 0 unspecified atom stereocenters. The molecule has 0 bridgehead atoms. The number of furan rings is 1. The molecule has 0 saturated carbocycles. The van der Waals surface area contributed by atoms with E-state index in [9.17, 15) is 14.4 Å². The van der Waals surface area contributed by atoms with Crippen LogP contribution < -0.4 is 20.1 Å². The van der Waals surface area contributed by atoms with Crippen molar-refractivity contribution in [2.45, 2.75) is 6.54 Å². The second-order valence-corrected chi connectivity index (χ2v) is 7.24. The Morgan fingerprint density at radius 1 is 0.966 bits per heavy atom. The van der Waals surface area contributed by atoms with Crippen LogP contribution in [0.15, 0.2) is 53.1 Å². The van der Waals surface area contributed by atoms with Crippen LogP contribution in [0.2, 0.25) is 0 Å². The average molecular weight is 412 g/mol. The highest BCUT2D eigenvalue weighted by molar-refractivity contribution is 7.14. The molecular formula is C20H16N2O6S. The second kappa shape index (κ2) is 8.19. The standard InChI is InChI=1S/C20H16N2O6S/c23-18(15-2-1-7-26-15)17-6-4-13(29-17)11-21-19(24)20(25)22-12-3-5-14-16(10-12)28-9-8-27-14/h1-7,10H,8-9,11H2,(H,21,24)(H,22,25). The van der Waals surface area contributed by atoms with Crippen molar-refractivity contribution >= 4 is 34.6 Å². The number of ketones is 1. The largest absolute Gasteiger partial charge is 0.486 e. The average Bonchev–Trinajstić information content (AvgIpc) is 3.43. The number of thiophene rings is 1. The molecule has 1 aromatic carbocycles. The topological polar surface area (TPSA) is 107 Å². The monoisotopic (exact) mass is 412 g/mol. The maximum atomic E-state index is 12.2. The van der Waals surface area contributed by atoms with E-state index in [1.54, 1.807) is 42.5 Å². The highest BCUT2D eigenvalue weighted by Gasteiger charge is 2.18. The van der Waals surface area contributed by atoms with Crippen LogP contribution in [0.5, 0.6) is 11.5 Å². The lowest BCUT2D eigenvalue weighted by Gasteiger charge is -2.18. The van der Waals surface area contributed by atoms with Gasteiger partial charge in [0, 0.05) is 16.6 Å². The summed E-state index contributed by atoms with van der Waals surface area (Å²) in [6, 6.07) is 11.5. The van der Waals surface area contributed by atoms with Crippen LogP contribution in [0.4, 0.5) is 5.69 Å². The maximum Gasteiger partial charge on any atom is 0.313 e. The molecule has 0 saturated heterocycles. The SMILES string of the molecule is O=C(NCc1ccc(C(=O)c2ccco2)s1)C(=O)Nc1ccc2c(c1)OCCO2. The molecule has 0 radical (unpaired) electrons. The van der Waals surface area contributed by atoms with E-state index in [2.05, 4.69) is 10.6 Å². The van der Waals surface area contributed by atoms with E-state index < -0.39 is 11.8 Å². The number of ether oxygens (including phenoxy) is 2. The Morgan fingerprint density at radius 2 is 1.79 bits per heavy atom. The molecule has 0 aliphatic carbocycles. The number of carbonyl (C=O) groups is 3. The summed E-state index contributed by atoms with van der Waals surface area (Å²) in [5.41, 5.74) is 0.428. The third-order valence-corrected chi connectivity index (χ3v) is 5.14. The summed E-state index contributed by atoms with van der Waals surface area (Å²) in [7, 11) is 0. The molecule has 1 aliphatic heterocycles. The van der Waals surface area contributed by atoms with Gasteiger partial charge in [0.15, 0.2) is 17.3 Å². The summed E-state index contributed by atoms with van der Waals surface area (Å²) < 4.78 is 16.0. The van der Waals surface area contributed by atoms with Crippen LogP contribution in [0.3, 0.4) is 0 Å². The Labute approximate surface area is 169 Å². The fourth-order valence-corrected chi connectivity index (χ4v) is 3.57. The first kappa shape index (κ1) is 18.8. The van der Waals surface area contributed by atoms with Gasteiger partial charge in [-0.15, -0.1) is 11.3 Å². The highest BCUT2D eigenvalue weighted by atomic mass is 32.1. The zero-order valence-electron chi connectivity index (χ0n) is 15.1. The minimum absolute atomic E-state index is 0.128. The van der Waals surface area contributed by atoms with Crippen molar-refractivity contribution in [3.63, 3.8) is 0 Å². The fourth-order valence-electron chi connectivity index (χ4n) is 2.68. The molecule has 1 aliphatic rings. The molecule has 3 aromatic rings. The normalized spacial score (nSPS) is 12.3.